The lowest BCUT2D eigenvalue weighted by Gasteiger charge is -2.35. The number of hydrogen-bond donors (Lipinski definition) is 0. The van der Waals surface area contributed by atoms with Crippen LogP contribution in [0.5, 0.6) is 0 Å². The second-order valence-corrected chi connectivity index (χ2v) is 7.41. The van der Waals surface area contributed by atoms with Crippen LogP contribution in [0, 0.1) is 11.8 Å². The molecular formula is C18H23N3OS. The summed E-state index contributed by atoms with van der Waals surface area (Å²) in [7, 11) is 0. The molecular weight excluding hydrogens is 306 g/mol. The summed E-state index contributed by atoms with van der Waals surface area (Å²) >= 11 is 1.77. The summed E-state index contributed by atoms with van der Waals surface area (Å²) in [4.78, 5) is 12.8. The minimum Gasteiger partial charge on any atom is -0.381 e. The summed E-state index contributed by atoms with van der Waals surface area (Å²) in [6.07, 6.45) is 7.56. The van der Waals surface area contributed by atoms with E-state index in [2.05, 4.69) is 39.3 Å². The number of ether oxygens (including phenoxy) is 1. The summed E-state index contributed by atoms with van der Waals surface area (Å²) in [5, 5.41) is 1.18. The van der Waals surface area contributed by atoms with Crippen molar-refractivity contribution in [2.24, 2.45) is 11.8 Å². The van der Waals surface area contributed by atoms with Gasteiger partial charge in [-0.05, 0) is 55.6 Å². The second kappa shape index (κ2) is 6.65. The number of fused-ring (bicyclic) bond motifs is 1. The number of piperidine rings is 1. The van der Waals surface area contributed by atoms with Gasteiger partial charge in [0.1, 0.15) is 12.1 Å². The van der Waals surface area contributed by atoms with E-state index in [0.29, 0.717) is 0 Å². The van der Waals surface area contributed by atoms with Crippen molar-refractivity contribution in [1.82, 2.24) is 9.97 Å². The van der Waals surface area contributed by atoms with Crippen LogP contribution in [0.25, 0.3) is 10.9 Å². The Hall–Kier alpha value is -1.33. The Kier molecular flexibility index (Phi) is 4.40. The van der Waals surface area contributed by atoms with Gasteiger partial charge in [0.05, 0.1) is 5.52 Å². The van der Waals surface area contributed by atoms with Gasteiger partial charge >= 0.3 is 0 Å². The molecule has 0 amide bonds. The fraction of sp³-hybridized carbons (Fsp3) is 0.556. The zero-order chi connectivity index (χ0) is 15.6. The van der Waals surface area contributed by atoms with E-state index in [1.807, 2.05) is 0 Å². The average Bonchev–Trinajstić information content (AvgIpc) is 3.15. The minimum atomic E-state index is 0.780. The highest BCUT2D eigenvalue weighted by Gasteiger charge is 2.30. The molecule has 122 valence electrons. The zero-order valence-corrected chi connectivity index (χ0v) is 14.4. The molecule has 0 radical (unpaired) electrons. The van der Waals surface area contributed by atoms with E-state index >= 15 is 0 Å². The summed E-state index contributed by atoms with van der Waals surface area (Å²) in [5.41, 5.74) is 1.04. The van der Waals surface area contributed by atoms with Crippen LogP contribution >= 0.6 is 11.8 Å². The van der Waals surface area contributed by atoms with Crippen molar-refractivity contribution < 1.29 is 4.74 Å². The normalized spacial score (nSPS) is 22.8. The Balaban J connectivity index is 1.55. The van der Waals surface area contributed by atoms with E-state index < -0.39 is 0 Å². The number of benzene rings is 1. The summed E-state index contributed by atoms with van der Waals surface area (Å²) in [6, 6.07) is 6.47. The third-order valence-electron chi connectivity index (χ3n) is 5.29. The number of anilines is 1. The van der Waals surface area contributed by atoms with Gasteiger partial charge in [-0.15, -0.1) is 11.8 Å². The molecule has 1 aromatic carbocycles. The number of thioether (sulfide) groups is 1. The molecule has 1 unspecified atom stereocenters. The van der Waals surface area contributed by atoms with E-state index in [1.165, 1.54) is 29.5 Å². The van der Waals surface area contributed by atoms with Gasteiger partial charge in [-0.3, -0.25) is 0 Å². The Morgan fingerprint density at radius 1 is 1.13 bits per heavy atom. The molecule has 0 N–H and O–H groups in total. The number of aromatic nitrogens is 2. The van der Waals surface area contributed by atoms with Gasteiger partial charge in [0.2, 0.25) is 0 Å². The van der Waals surface area contributed by atoms with Crippen LogP contribution in [0.1, 0.15) is 19.3 Å². The van der Waals surface area contributed by atoms with Crippen molar-refractivity contribution >= 4 is 28.5 Å². The lowest BCUT2D eigenvalue weighted by atomic mass is 9.84. The summed E-state index contributed by atoms with van der Waals surface area (Å²) < 4.78 is 5.57. The van der Waals surface area contributed by atoms with E-state index in [9.17, 15) is 0 Å². The Morgan fingerprint density at radius 2 is 2.00 bits per heavy atom. The molecule has 23 heavy (non-hydrogen) atoms. The molecule has 0 saturated carbocycles. The number of rotatable bonds is 3. The maximum Gasteiger partial charge on any atom is 0.139 e. The first-order valence-electron chi connectivity index (χ1n) is 8.46. The van der Waals surface area contributed by atoms with Gasteiger partial charge in [-0.25, -0.2) is 9.97 Å². The fourth-order valence-corrected chi connectivity index (χ4v) is 4.35. The second-order valence-electron chi connectivity index (χ2n) is 6.53. The molecule has 0 bridgehead atoms. The molecule has 2 fully saturated rings. The highest BCUT2D eigenvalue weighted by Crippen LogP contribution is 2.34. The topological polar surface area (TPSA) is 38.2 Å². The van der Waals surface area contributed by atoms with Crippen molar-refractivity contribution in [3.63, 3.8) is 0 Å². The van der Waals surface area contributed by atoms with E-state index in [1.54, 1.807) is 18.1 Å². The molecule has 2 aliphatic rings. The Labute approximate surface area is 141 Å². The molecule has 2 aromatic rings. The van der Waals surface area contributed by atoms with Gasteiger partial charge in [-0.1, -0.05) is 0 Å². The minimum absolute atomic E-state index is 0.780. The molecule has 5 heteroatoms. The standard InChI is InChI=1S/C18H23N3OS/c1-23-15-2-3-17-16(10-15)18(20-12-19-17)21-7-4-13(5-8-21)14-6-9-22-11-14/h2-3,10,12-14H,4-9,11H2,1H3. The maximum absolute atomic E-state index is 5.57. The first-order chi connectivity index (χ1) is 11.3. The van der Waals surface area contributed by atoms with Crippen molar-refractivity contribution in [3.8, 4) is 0 Å². The lowest BCUT2D eigenvalue weighted by molar-refractivity contribution is 0.164. The van der Waals surface area contributed by atoms with Gasteiger partial charge in [-0.2, -0.15) is 0 Å². The first-order valence-corrected chi connectivity index (χ1v) is 9.69. The lowest BCUT2D eigenvalue weighted by Crippen LogP contribution is -2.36. The molecule has 3 heterocycles. The van der Waals surface area contributed by atoms with Crippen molar-refractivity contribution in [1.29, 1.82) is 0 Å². The quantitative estimate of drug-likeness (QED) is 0.804. The molecule has 1 atom stereocenters. The van der Waals surface area contributed by atoms with Crippen LogP contribution in [-0.4, -0.2) is 42.5 Å². The first kappa shape index (κ1) is 15.2. The van der Waals surface area contributed by atoms with Gasteiger partial charge < -0.3 is 9.64 Å². The summed E-state index contributed by atoms with van der Waals surface area (Å²) in [6.45, 7) is 4.12. The molecule has 4 nitrogen and oxygen atoms in total. The highest BCUT2D eigenvalue weighted by molar-refractivity contribution is 7.98. The third-order valence-corrected chi connectivity index (χ3v) is 6.02. The smallest absolute Gasteiger partial charge is 0.139 e. The summed E-state index contributed by atoms with van der Waals surface area (Å²) in [5.74, 6) is 2.71. The molecule has 0 spiro atoms. The highest BCUT2D eigenvalue weighted by atomic mass is 32.2. The fourth-order valence-electron chi connectivity index (χ4n) is 3.91. The predicted molar refractivity (Wildman–Crippen MR) is 95.2 cm³/mol. The largest absolute Gasteiger partial charge is 0.381 e. The van der Waals surface area contributed by atoms with Crippen LogP contribution in [0.2, 0.25) is 0 Å². The van der Waals surface area contributed by atoms with Crippen molar-refractivity contribution in [3.05, 3.63) is 24.5 Å². The van der Waals surface area contributed by atoms with Crippen LogP contribution in [0.4, 0.5) is 5.82 Å². The van der Waals surface area contributed by atoms with Crippen LogP contribution in [0.3, 0.4) is 0 Å². The van der Waals surface area contributed by atoms with Gasteiger partial charge in [0, 0.05) is 36.6 Å². The predicted octanol–water partition coefficient (Wildman–Crippen LogP) is 3.60. The van der Waals surface area contributed by atoms with Crippen LogP contribution in [-0.2, 0) is 4.74 Å². The van der Waals surface area contributed by atoms with Crippen molar-refractivity contribution in [2.75, 3.05) is 37.5 Å². The molecule has 1 aromatic heterocycles. The maximum atomic E-state index is 5.57. The van der Waals surface area contributed by atoms with E-state index in [4.69, 9.17) is 4.74 Å². The van der Waals surface area contributed by atoms with Crippen molar-refractivity contribution in [2.45, 2.75) is 24.2 Å². The Morgan fingerprint density at radius 3 is 2.74 bits per heavy atom. The zero-order valence-electron chi connectivity index (χ0n) is 13.6. The van der Waals surface area contributed by atoms with E-state index in [-0.39, 0.29) is 0 Å². The molecule has 2 saturated heterocycles. The van der Waals surface area contributed by atoms with Crippen LogP contribution < -0.4 is 4.90 Å². The average molecular weight is 329 g/mol. The monoisotopic (exact) mass is 329 g/mol. The molecule has 2 aliphatic heterocycles. The molecule has 4 rings (SSSR count). The van der Waals surface area contributed by atoms with Crippen LogP contribution in [0.15, 0.2) is 29.4 Å². The van der Waals surface area contributed by atoms with Gasteiger partial charge in [0.15, 0.2) is 0 Å². The SMILES string of the molecule is CSc1ccc2ncnc(N3CCC(C4CCOC4)CC3)c2c1. The van der Waals surface area contributed by atoms with Gasteiger partial charge in [0.25, 0.3) is 0 Å². The van der Waals surface area contributed by atoms with E-state index in [0.717, 1.165) is 49.5 Å². The Bertz CT molecular complexity index is 679. The third kappa shape index (κ3) is 3.04. The molecule has 0 aliphatic carbocycles. The number of nitrogens with zero attached hydrogens (tertiary/aromatic N) is 3. The number of hydrogen-bond acceptors (Lipinski definition) is 5.